The van der Waals surface area contributed by atoms with Gasteiger partial charge in [-0.2, -0.15) is 0 Å². The Morgan fingerprint density at radius 2 is 1.54 bits per heavy atom. The maximum Gasteiger partial charge on any atom is 0.407 e. The molecule has 7 nitrogen and oxygen atoms in total. The first kappa shape index (κ1) is 24.8. The number of alkyl carbamates (subject to hydrolysis) is 1. The Kier molecular flexibility index (Phi) is 7.15. The van der Waals surface area contributed by atoms with E-state index < -0.39 is 23.1 Å². The van der Waals surface area contributed by atoms with Crippen LogP contribution in [0.1, 0.15) is 75.8 Å². The van der Waals surface area contributed by atoms with Crippen LogP contribution in [-0.2, 0) is 14.3 Å². The summed E-state index contributed by atoms with van der Waals surface area (Å²) in [4.78, 5) is 36.9. The van der Waals surface area contributed by atoms with Gasteiger partial charge < -0.3 is 20.5 Å². The normalized spacial score (nSPS) is 16.6. The molecule has 0 radical (unpaired) electrons. The first-order valence-electron chi connectivity index (χ1n) is 12.3. The lowest BCUT2D eigenvalue weighted by atomic mass is 9.79. The van der Waals surface area contributed by atoms with Crippen molar-refractivity contribution in [1.29, 1.82) is 0 Å². The predicted octanol–water partition coefficient (Wildman–Crippen LogP) is 4.99. The van der Waals surface area contributed by atoms with Crippen molar-refractivity contribution in [3.05, 3.63) is 59.7 Å². The van der Waals surface area contributed by atoms with Crippen LogP contribution in [0.2, 0.25) is 0 Å². The van der Waals surface area contributed by atoms with Crippen LogP contribution in [0.3, 0.4) is 0 Å². The molecule has 1 saturated carbocycles. The summed E-state index contributed by atoms with van der Waals surface area (Å²) in [6, 6.07) is 16.3. The van der Waals surface area contributed by atoms with Gasteiger partial charge in [-0.3, -0.25) is 9.59 Å². The van der Waals surface area contributed by atoms with E-state index in [9.17, 15) is 19.5 Å². The maximum absolute atomic E-state index is 12.8. The molecule has 0 atom stereocenters. The zero-order valence-corrected chi connectivity index (χ0v) is 20.4. The van der Waals surface area contributed by atoms with Crippen LogP contribution in [0.5, 0.6) is 0 Å². The van der Waals surface area contributed by atoms with E-state index in [0.29, 0.717) is 12.8 Å². The third-order valence-electron chi connectivity index (χ3n) is 7.09. The fraction of sp³-hybridized carbons (Fsp3) is 0.464. The van der Waals surface area contributed by atoms with Gasteiger partial charge in [0.1, 0.15) is 6.61 Å². The van der Waals surface area contributed by atoms with Crippen LogP contribution < -0.4 is 10.6 Å². The highest BCUT2D eigenvalue weighted by Gasteiger charge is 2.37. The summed E-state index contributed by atoms with van der Waals surface area (Å²) in [7, 11) is 0. The molecule has 0 aromatic heterocycles. The Balaban J connectivity index is 1.34. The number of nitrogens with one attached hydrogen (secondary N) is 2. The number of carboxylic acids is 1. The van der Waals surface area contributed by atoms with Crippen molar-refractivity contribution < 1.29 is 24.2 Å². The molecular formula is C28H34N2O5. The molecular weight excluding hydrogens is 444 g/mol. The predicted molar refractivity (Wildman–Crippen MR) is 133 cm³/mol. The van der Waals surface area contributed by atoms with E-state index >= 15 is 0 Å². The van der Waals surface area contributed by atoms with Crippen molar-refractivity contribution in [2.45, 2.75) is 75.8 Å². The largest absolute Gasteiger partial charge is 0.481 e. The number of carbonyl (C=O) groups excluding carboxylic acids is 2. The van der Waals surface area contributed by atoms with Gasteiger partial charge in [-0.25, -0.2) is 4.79 Å². The average molecular weight is 479 g/mol. The summed E-state index contributed by atoms with van der Waals surface area (Å²) in [6.45, 7) is 3.72. The fourth-order valence-corrected chi connectivity index (χ4v) is 5.56. The number of benzene rings is 2. The third-order valence-corrected chi connectivity index (χ3v) is 7.09. The van der Waals surface area contributed by atoms with Crippen LogP contribution in [0.15, 0.2) is 48.5 Å². The Morgan fingerprint density at radius 1 is 0.971 bits per heavy atom. The van der Waals surface area contributed by atoms with E-state index in [-0.39, 0.29) is 31.3 Å². The van der Waals surface area contributed by atoms with Gasteiger partial charge in [0.15, 0.2) is 0 Å². The van der Waals surface area contributed by atoms with Crippen LogP contribution in [-0.4, -0.2) is 40.8 Å². The molecule has 2 aliphatic rings. The number of aliphatic carboxylic acids is 1. The van der Waals surface area contributed by atoms with Gasteiger partial charge in [0.25, 0.3) is 0 Å². The van der Waals surface area contributed by atoms with E-state index in [2.05, 4.69) is 34.9 Å². The number of carbonyl (C=O) groups is 3. The number of ether oxygens (including phenoxy) is 1. The third kappa shape index (κ3) is 5.84. The smallest absolute Gasteiger partial charge is 0.407 e. The van der Waals surface area contributed by atoms with Crippen molar-refractivity contribution in [2.75, 3.05) is 6.61 Å². The highest BCUT2D eigenvalue weighted by molar-refractivity contribution is 5.81. The van der Waals surface area contributed by atoms with Gasteiger partial charge in [-0.15, -0.1) is 0 Å². The monoisotopic (exact) mass is 478 g/mol. The molecule has 186 valence electrons. The van der Waals surface area contributed by atoms with E-state index in [1.807, 2.05) is 24.3 Å². The Labute approximate surface area is 206 Å². The summed E-state index contributed by atoms with van der Waals surface area (Å²) in [6.07, 6.45) is 3.52. The molecule has 3 N–H and O–H groups in total. The second-order valence-electron chi connectivity index (χ2n) is 10.5. The summed E-state index contributed by atoms with van der Waals surface area (Å²) in [5.74, 6) is -1.22. The van der Waals surface area contributed by atoms with Crippen molar-refractivity contribution in [2.24, 2.45) is 0 Å². The summed E-state index contributed by atoms with van der Waals surface area (Å²) >= 11 is 0. The molecule has 4 rings (SSSR count). The van der Waals surface area contributed by atoms with E-state index in [0.717, 1.165) is 41.5 Å². The first-order valence-corrected chi connectivity index (χ1v) is 12.3. The van der Waals surface area contributed by atoms with Gasteiger partial charge in [0.2, 0.25) is 5.91 Å². The number of fused-ring (bicyclic) bond motifs is 3. The van der Waals surface area contributed by atoms with Crippen molar-refractivity contribution in [3.63, 3.8) is 0 Å². The molecule has 2 aromatic rings. The van der Waals surface area contributed by atoms with Crippen molar-refractivity contribution in [3.8, 4) is 11.1 Å². The first-order chi connectivity index (χ1) is 16.7. The lowest BCUT2D eigenvalue weighted by Crippen LogP contribution is -2.54. The topological polar surface area (TPSA) is 105 Å². The zero-order valence-electron chi connectivity index (χ0n) is 20.4. The fourth-order valence-electron chi connectivity index (χ4n) is 5.56. The van der Waals surface area contributed by atoms with Gasteiger partial charge >= 0.3 is 12.1 Å². The lowest BCUT2D eigenvalue weighted by molar-refractivity contribution is -0.139. The van der Waals surface area contributed by atoms with E-state index in [4.69, 9.17) is 4.74 Å². The maximum atomic E-state index is 12.8. The molecule has 2 amide bonds. The van der Waals surface area contributed by atoms with Crippen molar-refractivity contribution in [1.82, 2.24) is 10.6 Å². The molecule has 0 bridgehead atoms. The number of hydrogen-bond donors (Lipinski definition) is 3. The highest BCUT2D eigenvalue weighted by Crippen LogP contribution is 2.44. The lowest BCUT2D eigenvalue weighted by Gasteiger charge is -2.38. The Morgan fingerprint density at radius 3 is 2.11 bits per heavy atom. The van der Waals surface area contributed by atoms with Gasteiger partial charge in [-0.05, 0) is 48.9 Å². The molecule has 2 aromatic carbocycles. The Hall–Kier alpha value is -3.35. The van der Waals surface area contributed by atoms with Crippen molar-refractivity contribution >= 4 is 18.0 Å². The van der Waals surface area contributed by atoms with Crippen LogP contribution in [0, 0.1) is 0 Å². The molecule has 1 fully saturated rings. The van der Waals surface area contributed by atoms with Crippen LogP contribution in [0.4, 0.5) is 4.79 Å². The Bertz CT molecular complexity index is 1060. The van der Waals surface area contributed by atoms with E-state index in [1.54, 1.807) is 13.8 Å². The molecule has 35 heavy (non-hydrogen) atoms. The van der Waals surface area contributed by atoms with E-state index in [1.165, 1.54) is 0 Å². The number of amides is 2. The molecule has 0 saturated heterocycles. The number of rotatable bonds is 8. The quantitative estimate of drug-likeness (QED) is 0.496. The molecule has 7 heteroatoms. The molecule has 0 unspecified atom stereocenters. The number of carboxylic acid groups (broad SMARTS) is 1. The number of hydrogen-bond acceptors (Lipinski definition) is 4. The minimum Gasteiger partial charge on any atom is -0.481 e. The standard InChI is InChI=1S/C28H34N2O5/c1-27(2,16-24(31)29-28(17-25(32)33)14-8-3-9-15-28)30-26(34)35-18-23-21-12-6-4-10-19(21)20-11-5-7-13-22(20)23/h4-7,10-13,23H,3,8-9,14-18H2,1-2H3,(H,29,31)(H,30,34)(H,32,33). The second kappa shape index (κ2) is 10.1. The zero-order chi connectivity index (χ0) is 25.1. The SMILES string of the molecule is CC(C)(CC(=O)NC1(CC(=O)O)CCCCC1)NC(=O)OCC1c2ccccc2-c2ccccc21. The van der Waals surface area contributed by atoms with Gasteiger partial charge in [0.05, 0.1) is 12.0 Å². The molecule has 0 aliphatic heterocycles. The van der Waals surface area contributed by atoms with Crippen LogP contribution in [0.25, 0.3) is 11.1 Å². The van der Waals surface area contributed by atoms with Crippen LogP contribution >= 0.6 is 0 Å². The minimum absolute atomic E-state index is 0.0264. The molecule has 0 spiro atoms. The minimum atomic E-state index is -0.914. The second-order valence-corrected chi connectivity index (χ2v) is 10.5. The highest BCUT2D eigenvalue weighted by atomic mass is 16.5. The molecule has 2 aliphatic carbocycles. The summed E-state index contributed by atoms with van der Waals surface area (Å²) in [5, 5.41) is 15.1. The average Bonchev–Trinajstić information content (AvgIpc) is 3.10. The summed E-state index contributed by atoms with van der Waals surface area (Å²) in [5.41, 5.74) is 3.03. The van der Waals surface area contributed by atoms with Gasteiger partial charge in [0, 0.05) is 17.9 Å². The van der Waals surface area contributed by atoms with Gasteiger partial charge in [-0.1, -0.05) is 67.8 Å². The summed E-state index contributed by atoms with van der Waals surface area (Å²) < 4.78 is 5.62. The molecule has 0 heterocycles.